The van der Waals surface area contributed by atoms with E-state index in [9.17, 15) is 4.79 Å². The highest BCUT2D eigenvalue weighted by Crippen LogP contribution is 2.46. The molecule has 52 valence electrons. The molecule has 10 heavy (non-hydrogen) atoms. The van der Waals surface area contributed by atoms with Gasteiger partial charge in [0.1, 0.15) is 6.04 Å². The van der Waals surface area contributed by atoms with Crippen molar-refractivity contribution in [2.75, 3.05) is 0 Å². The number of nitrogens with zero attached hydrogens (tertiary/aromatic N) is 2. The van der Waals surface area contributed by atoms with Crippen LogP contribution in [0.1, 0.15) is 12.8 Å². The first kappa shape index (κ1) is 5.72. The first-order valence-corrected chi connectivity index (χ1v) is 3.49. The molecule has 1 aliphatic heterocycles. The normalized spacial score (nSPS) is 42.3. The van der Waals surface area contributed by atoms with Gasteiger partial charge in [-0.2, -0.15) is 5.26 Å². The molecule has 0 radical (unpaired) electrons. The van der Waals surface area contributed by atoms with Crippen molar-refractivity contribution in [3.63, 3.8) is 0 Å². The van der Waals surface area contributed by atoms with Gasteiger partial charge in [0, 0.05) is 6.04 Å². The predicted octanol–water partition coefficient (Wildman–Crippen LogP) is 0.129. The molecule has 0 aromatic rings. The average Bonchev–Trinajstić information content (AvgIpc) is 2.63. The van der Waals surface area contributed by atoms with Gasteiger partial charge in [0.05, 0.1) is 6.07 Å². The highest BCUT2D eigenvalue weighted by atomic mass is 16.1. The number of piperidine rings is 1. The molecule has 1 amide bonds. The number of likely N-dealkylation sites (tertiary alicyclic amines) is 1. The van der Waals surface area contributed by atoms with E-state index in [1.54, 1.807) is 4.90 Å². The van der Waals surface area contributed by atoms with E-state index in [0.717, 1.165) is 19.3 Å². The zero-order valence-electron chi connectivity index (χ0n) is 5.53. The van der Waals surface area contributed by atoms with Crippen molar-refractivity contribution in [1.82, 2.24) is 4.90 Å². The summed E-state index contributed by atoms with van der Waals surface area (Å²) in [5, 5.41) is 8.56. The Balaban J connectivity index is 2.13. The van der Waals surface area contributed by atoms with Crippen molar-refractivity contribution >= 4 is 6.41 Å². The molecule has 3 nitrogen and oxygen atoms in total. The van der Waals surface area contributed by atoms with E-state index < -0.39 is 0 Å². The topological polar surface area (TPSA) is 44.1 Å². The van der Waals surface area contributed by atoms with Crippen molar-refractivity contribution in [2.24, 2.45) is 5.92 Å². The second kappa shape index (κ2) is 1.72. The molecule has 3 atom stereocenters. The molecule has 2 rings (SSSR count). The van der Waals surface area contributed by atoms with E-state index >= 15 is 0 Å². The van der Waals surface area contributed by atoms with Gasteiger partial charge in [0.2, 0.25) is 6.41 Å². The Morgan fingerprint density at radius 3 is 2.90 bits per heavy atom. The lowest BCUT2D eigenvalue weighted by Crippen LogP contribution is -2.29. The first-order chi connectivity index (χ1) is 4.86. The number of carbonyl (C=O) groups excluding carboxylic acids is 1. The fourth-order valence-electron chi connectivity index (χ4n) is 1.76. The van der Waals surface area contributed by atoms with Gasteiger partial charge < -0.3 is 4.90 Å². The third-order valence-electron chi connectivity index (χ3n) is 2.42. The van der Waals surface area contributed by atoms with Crippen molar-refractivity contribution in [1.29, 1.82) is 5.26 Å². The lowest BCUT2D eigenvalue weighted by Gasteiger charge is -2.15. The summed E-state index contributed by atoms with van der Waals surface area (Å²) in [6, 6.07) is 2.42. The Morgan fingerprint density at radius 1 is 1.60 bits per heavy atom. The lowest BCUT2D eigenvalue weighted by molar-refractivity contribution is -0.118. The van der Waals surface area contributed by atoms with Gasteiger partial charge in [-0.05, 0) is 18.8 Å². The summed E-state index contributed by atoms with van der Waals surface area (Å²) in [4.78, 5) is 12.0. The van der Waals surface area contributed by atoms with E-state index in [1.807, 2.05) is 0 Å². The van der Waals surface area contributed by atoms with Crippen molar-refractivity contribution in [3.05, 3.63) is 0 Å². The highest BCUT2D eigenvalue weighted by molar-refractivity contribution is 5.52. The minimum atomic E-state index is -0.124. The monoisotopic (exact) mass is 136 g/mol. The molecule has 2 aliphatic rings. The summed E-state index contributed by atoms with van der Waals surface area (Å²) in [6.07, 6.45) is 2.84. The summed E-state index contributed by atoms with van der Waals surface area (Å²) in [5.41, 5.74) is 0. The van der Waals surface area contributed by atoms with Crippen LogP contribution in [0.3, 0.4) is 0 Å². The van der Waals surface area contributed by atoms with Crippen molar-refractivity contribution in [2.45, 2.75) is 24.9 Å². The molecular weight excluding hydrogens is 128 g/mol. The number of fused-ring (bicyclic) bond motifs is 1. The third-order valence-corrected chi connectivity index (χ3v) is 2.42. The third kappa shape index (κ3) is 0.563. The summed E-state index contributed by atoms with van der Waals surface area (Å²) in [5.74, 6) is 0.648. The van der Waals surface area contributed by atoms with E-state index in [-0.39, 0.29) is 6.04 Å². The lowest BCUT2D eigenvalue weighted by atomic mass is 10.2. The van der Waals surface area contributed by atoms with E-state index in [2.05, 4.69) is 6.07 Å². The summed E-state index contributed by atoms with van der Waals surface area (Å²) in [6.45, 7) is 0. The Bertz CT molecular complexity index is 208. The number of amides is 1. The Morgan fingerprint density at radius 2 is 2.40 bits per heavy atom. The Labute approximate surface area is 59.2 Å². The van der Waals surface area contributed by atoms with Crippen LogP contribution >= 0.6 is 0 Å². The van der Waals surface area contributed by atoms with Crippen LogP contribution in [0.5, 0.6) is 0 Å². The average molecular weight is 136 g/mol. The summed E-state index contributed by atoms with van der Waals surface area (Å²) < 4.78 is 0. The van der Waals surface area contributed by atoms with Crippen LogP contribution in [0.15, 0.2) is 0 Å². The molecule has 0 aromatic carbocycles. The molecule has 3 unspecified atom stereocenters. The minimum absolute atomic E-state index is 0.124. The van der Waals surface area contributed by atoms with Crippen LogP contribution in [-0.2, 0) is 4.79 Å². The summed E-state index contributed by atoms with van der Waals surface area (Å²) >= 11 is 0. The molecule has 1 heterocycles. The number of hydrogen-bond acceptors (Lipinski definition) is 2. The highest BCUT2D eigenvalue weighted by Gasteiger charge is 2.51. The number of rotatable bonds is 1. The molecule has 2 fully saturated rings. The SMILES string of the molecule is N#CC1CC2CC2N1C=O. The van der Waals surface area contributed by atoms with Gasteiger partial charge in [0.25, 0.3) is 0 Å². The fourth-order valence-corrected chi connectivity index (χ4v) is 1.76. The molecule has 1 saturated carbocycles. The molecule has 1 saturated heterocycles. The van der Waals surface area contributed by atoms with Crippen LogP contribution in [0.25, 0.3) is 0 Å². The van der Waals surface area contributed by atoms with Crippen LogP contribution in [0.2, 0.25) is 0 Å². The zero-order chi connectivity index (χ0) is 7.14. The maximum absolute atomic E-state index is 10.4. The molecule has 0 N–H and O–H groups in total. The molecule has 1 aliphatic carbocycles. The van der Waals surface area contributed by atoms with Crippen LogP contribution < -0.4 is 0 Å². The van der Waals surface area contributed by atoms with Crippen molar-refractivity contribution < 1.29 is 4.79 Å². The largest absolute Gasteiger partial charge is 0.326 e. The molecule has 0 aromatic heterocycles. The molecule has 0 bridgehead atoms. The maximum atomic E-state index is 10.4. The second-order valence-corrected chi connectivity index (χ2v) is 3.00. The predicted molar refractivity (Wildman–Crippen MR) is 33.8 cm³/mol. The van der Waals surface area contributed by atoms with Gasteiger partial charge in [-0.3, -0.25) is 4.79 Å². The second-order valence-electron chi connectivity index (χ2n) is 3.00. The van der Waals surface area contributed by atoms with Crippen molar-refractivity contribution in [3.8, 4) is 6.07 Å². The van der Waals surface area contributed by atoms with Crippen LogP contribution in [0, 0.1) is 17.2 Å². The quantitative estimate of drug-likeness (QED) is 0.481. The molecule has 3 heteroatoms. The first-order valence-electron chi connectivity index (χ1n) is 3.49. The minimum Gasteiger partial charge on any atom is -0.326 e. The van der Waals surface area contributed by atoms with Crippen LogP contribution in [0.4, 0.5) is 0 Å². The number of carbonyl (C=O) groups is 1. The zero-order valence-corrected chi connectivity index (χ0v) is 5.53. The fraction of sp³-hybridized carbons (Fsp3) is 0.714. The molecule has 0 spiro atoms. The van der Waals surface area contributed by atoms with E-state index in [0.29, 0.717) is 12.0 Å². The van der Waals surface area contributed by atoms with Gasteiger partial charge in [-0.15, -0.1) is 0 Å². The smallest absolute Gasteiger partial charge is 0.211 e. The summed E-state index contributed by atoms with van der Waals surface area (Å²) in [7, 11) is 0. The standard InChI is InChI=1S/C7H8N2O/c8-3-6-1-5-2-7(5)9(6)4-10/h4-7H,1-2H2. The number of hydrogen-bond donors (Lipinski definition) is 0. The van der Waals surface area contributed by atoms with E-state index in [4.69, 9.17) is 5.26 Å². The molecular formula is C7H8N2O. The van der Waals surface area contributed by atoms with Gasteiger partial charge in [0.15, 0.2) is 0 Å². The number of nitriles is 1. The Kier molecular flexibility index (Phi) is 0.986. The maximum Gasteiger partial charge on any atom is 0.211 e. The van der Waals surface area contributed by atoms with Gasteiger partial charge in [-0.1, -0.05) is 0 Å². The Hall–Kier alpha value is -1.04. The van der Waals surface area contributed by atoms with Crippen LogP contribution in [-0.4, -0.2) is 23.4 Å². The van der Waals surface area contributed by atoms with Gasteiger partial charge in [-0.25, -0.2) is 0 Å². The van der Waals surface area contributed by atoms with E-state index in [1.165, 1.54) is 0 Å². The van der Waals surface area contributed by atoms with Gasteiger partial charge >= 0.3 is 0 Å².